The van der Waals surface area contributed by atoms with Crippen molar-refractivity contribution in [3.05, 3.63) is 11.6 Å². The third kappa shape index (κ3) is 2.84. The van der Waals surface area contributed by atoms with Gasteiger partial charge in [0.2, 0.25) is 11.8 Å². The number of carbonyl (C=O) groups excluding carboxylic acids is 2. The molecule has 4 aliphatic heterocycles. The van der Waals surface area contributed by atoms with E-state index in [2.05, 4.69) is 10.3 Å². The SMILES string of the molecule is O=C(C1CC(=O)N(c2nccs2)C1)N1CCOC2(C[C@H]3CC[C@@H](C2)N3)C1. The monoisotopic (exact) mass is 376 g/mol. The van der Waals surface area contributed by atoms with Gasteiger partial charge >= 0.3 is 0 Å². The molecule has 7 nitrogen and oxygen atoms in total. The zero-order chi connectivity index (χ0) is 17.7. The summed E-state index contributed by atoms with van der Waals surface area (Å²) in [4.78, 5) is 33.3. The summed E-state index contributed by atoms with van der Waals surface area (Å²) in [5.74, 6) is -0.160. The van der Waals surface area contributed by atoms with E-state index in [4.69, 9.17) is 4.74 Å². The van der Waals surface area contributed by atoms with Crippen molar-refractivity contribution in [2.24, 2.45) is 5.92 Å². The fourth-order valence-corrected chi connectivity index (χ4v) is 5.82. The summed E-state index contributed by atoms with van der Waals surface area (Å²) in [5.41, 5.74) is -0.192. The Kier molecular flexibility index (Phi) is 4.02. The van der Waals surface area contributed by atoms with E-state index in [0.717, 1.165) is 12.8 Å². The van der Waals surface area contributed by atoms with Crippen LogP contribution in [0.3, 0.4) is 0 Å². The molecule has 2 bridgehead atoms. The highest BCUT2D eigenvalue weighted by molar-refractivity contribution is 7.13. The molecular weight excluding hydrogens is 352 g/mol. The highest BCUT2D eigenvalue weighted by Gasteiger charge is 2.49. The predicted molar refractivity (Wildman–Crippen MR) is 97.0 cm³/mol. The minimum absolute atomic E-state index is 0.00110. The second-order valence-electron chi connectivity index (χ2n) is 8.06. The average molecular weight is 376 g/mol. The van der Waals surface area contributed by atoms with Crippen LogP contribution in [0.2, 0.25) is 0 Å². The van der Waals surface area contributed by atoms with Gasteiger partial charge in [-0.1, -0.05) is 0 Å². The molecule has 5 rings (SSSR count). The number of thiazole rings is 1. The molecule has 1 N–H and O–H groups in total. The molecule has 4 saturated heterocycles. The molecule has 1 aromatic heterocycles. The van der Waals surface area contributed by atoms with Crippen LogP contribution in [-0.4, -0.2) is 65.6 Å². The predicted octanol–water partition coefficient (Wildman–Crippen LogP) is 1.01. The summed E-state index contributed by atoms with van der Waals surface area (Å²) < 4.78 is 6.21. The minimum Gasteiger partial charge on any atom is -0.371 e. The third-order valence-electron chi connectivity index (χ3n) is 6.26. The Hall–Kier alpha value is -1.51. The first-order valence-corrected chi connectivity index (χ1v) is 10.4. The van der Waals surface area contributed by atoms with E-state index < -0.39 is 0 Å². The number of hydrogen-bond acceptors (Lipinski definition) is 6. The van der Waals surface area contributed by atoms with Gasteiger partial charge in [-0.25, -0.2) is 4.98 Å². The number of carbonyl (C=O) groups is 2. The zero-order valence-corrected chi connectivity index (χ0v) is 15.5. The van der Waals surface area contributed by atoms with Gasteiger partial charge in [-0.15, -0.1) is 11.3 Å². The summed E-state index contributed by atoms with van der Waals surface area (Å²) >= 11 is 1.44. The molecule has 0 radical (unpaired) electrons. The van der Waals surface area contributed by atoms with E-state index in [9.17, 15) is 9.59 Å². The lowest BCUT2D eigenvalue weighted by molar-refractivity contribution is -0.161. The number of ether oxygens (including phenoxy) is 1. The van der Waals surface area contributed by atoms with Crippen molar-refractivity contribution in [1.82, 2.24) is 15.2 Å². The number of aromatic nitrogens is 1. The van der Waals surface area contributed by atoms with Gasteiger partial charge in [-0.05, 0) is 25.7 Å². The van der Waals surface area contributed by atoms with E-state index in [0.29, 0.717) is 43.5 Å². The Balaban J connectivity index is 1.28. The largest absolute Gasteiger partial charge is 0.371 e. The molecule has 4 aliphatic rings. The Morgan fingerprint density at radius 2 is 2.15 bits per heavy atom. The molecule has 2 unspecified atom stereocenters. The molecule has 0 saturated carbocycles. The van der Waals surface area contributed by atoms with Crippen LogP contribution in [0, 0.1) is 5.92 Å². The van der Waals surface area contributed by atoms with E-state index in [1.54, 1.807) is 11.1 Å². The molecule has 8 heteroatoms. The molecule has 1 spiro atoms. The van der Waals surface area contributed by atoms with E-state index in [1.165, 1.54) is 24.2 Å². The van der Waals surface area contributed by atoms with Crippen LogP contribution >= 0.6 is 11.3 Å². The number of rotatable bonds is 2. The van der Waals surface area contributed by atoms with Crippen molar-refractivity contribution >= 4 is 28.3 Å². The van der Waals surface area contributed by atoms with Crippen LogP contribution in [-0.2, 0) is 14.3 Å². The molecule has 26 heavy (non-hydrogen) atoms. The highest BCUT2D eigenvalue weighted by Crippen LogP contribution is 2.39. The van der Waals surface area contributed by atoms with Crippen molar-refractivity contribution in [3.63, 3.8) is 0 Å². The zero-order valence-electron chi connectivity index (χ0n) is 14.7. The maximum Gasteiger partial charge on any atom is 0.229 e. The number of piperidine rings is 1. The molecule has 1 aromatic rings. The smallest absolute Gasteiger partial charge is 0.229 e. The van der Waals surface area contributed by atoms with E-state index in [-0.39, 0.29) is 29.8 Å². The molecule has 140 valence electrons. The first-order chi connectivity index (χ1) is 12.6. The first kappa shape index (κ1) is 16.6. The van der Waals surface area contributed by atoms with Crippen LogP contribution in [0.5, 0.6) is 0 Å². The summed E-state index contributed by atoms with van der Waals surface area (Å²) in [5, 5.41) is 6.20. The number of fused-ring (bicyclic) bond motifs is 2. The topological polar surface area (TPSA) is 74.8 Å². The van der Waals surface area contributed by atoms with E-state index in [1.807, 2.05) is 10.3 Å². The standard InChI is InChI=1S/C18H24N4O3S/c23-15-7-12(10-22(15)17-19-3-6-26-17)16(24)21-4-5-25-18(11-21)8-13-1-2-14(9-18)20-13/h3,6,12-14,20H,1-2,4-5,7-11H2/t12?,13-,14+,18?. The maximum atomic E-state index is 13.1. The molecular formula is C18H24N4O3S. The minimum atomic E-state index is -0.264. The van der Waals surface area contributed by atoms with Gasteiger partial charge in [-0.3, -0.25) is 14.5 Å². The van der Waals surface area contributed by atoms with Crippen molar-refractivity contribution in [2.45, 2.75) is 49.8 Å². The second kappa shape index (κ2) is 6.28. The second-order valence-corrected chi connectivity index (χ2v) is 8.93. The molecule has 4 fully saturated rings. The van der Waals surface area contributed by atoms with E-state index >= 15 is 0 Å². The van der Waals surface area contributed by atoms with Gasteiger partial charge in [-0.2, -0.15) is 0 Å². The number of morpholine rings is 1. The van der Waals surface area contributed by atoms with Crippen molar-refractivity contribution in [1.29, 1.82) is 0 Å². The maximum absolute atomic E-state index is 13.1. The Morgan fingerprint density at radius 1 is 1.35 bits per heavy atom. The average Bonchev–Trinajstić information content (AvgIpc) is 3.35. The van der Waals surface area contributed by atoms with Crippen molar-refractivity contribution in [3.8, 4) is 0 Å². The molecule has 4 atom stereocenters. The number of anilines is 1. The first-order valence-electron chi connectivity index (χ1n) is 9.51. The summed E-state index contributed by atoms with van der Waals surface area (Å²) in [6.07, 6.45) is 6.38. The number of nitrogens with one attached hydrogen (secondary N) is 1. The van der Waals surface area contributed by atoms with Gasteiger partial charge in [0.05, 0.1) is 18.1 Å². The highest BCUT2D eigenvalue weighted by atomic mass is 32.1. The quantitative estimate of drug-likeness (QED) is 0.834. The van der Waals surface area contributed by atoms with Crippen molar-refractivity contribution in [2.75, 3.05) is 31.1 Å². The van der Waals surface area contributed by atoms with Crippen LogP contribution in [0.4, 0.5) is 5.13 Å². The lowest BCUT2D eigenvalue weighted by atomic mass is 9.85. The van der Waals surface area contributed by atoms with Crippen molar-refractivity contribution < 1.29 is 14.3 Å². The third-order valence-corrected chi connectivity index (χ3v) is 7.05. The summed E-state index contributed by atoms with van der Waals surface area (Å²) in [6, 6.07) is 1.05. The lowest BCUT2D eigenvalue weighted by Gasteiger charge is -2.47. The summed E-state index contributed by atoms with van der Waals surface area (Å²) in [7, 11) is 0. The Morgan fingerprint density at radius 3 is 2.88 bits per heavy atom. The number of amides is 2. The molecule has 0 aromatic carbocycles. The van der Waals surface area contributed by atoms with Gasteiger partial charge in [0, 0.05) is 49.7 Å². The Bertz CT molecular complexity index is 697. The fraction of sp³-hybridized carbons (Fsp3) is 0.722. The van der Waals surface area contributed by atoms with Gasteiger partial charge in [0.1, 0.15) is 0 Å². The fourth-order valence-electron chi connectivity index (χ4n) is 5.15. The number of hydrogen-bond donors (Lipinski definition) is 1. The van der Waals surface area contributed by atoms with Gasteiger partial charge in [0.15, 0.2) is 5.13 Å². The van der Waals surface area contributed by atoms with Gasteiger partial charge < -0.3 is 15.0 Å². The molecule has 0 aliphatic carbocycles. The van der Waals surface area contributed by atoms with Gasteiger partial charge in [0.25, 0.3) is 0 Å². The lowest BCUT2D eigenvalue weighted by Crippen LogP contribution is -2.60. The van der Waals surface area contributed by atoms with Crippen LogP contribution < -0.4 is 10.2 Å². The summed E-state index contributed by atoms with van der Waals surface area (Å²) in [6.45, 7) is 2.35. The molecule has 2 amide bonds. The van der Waals surface area contributed by atoms with Crippen LogP contribution in [0.25, 0.3) is 0 Å². The van der Waals surface area contributed by atoms with Crippen LogP contribution in [0.1, 0.15) is 32.1 Å². The Labute approximate surface area is 156 Å². The normalized spacial score (nSPS) is 36.9. The van der Waals surface area contributed by atoms with Crippen LogP contribution in [0.15, 0.2) is 11.6 Å². The molecule has 5 heterocycles. The number of nitrogens with zero attached hydrogens (tertiary/aromatic N) is 3.